The first-order valence-corrected chi connectivity index (χ1v) is 13.0. The zero-order valence-electron chi connectivity index (χ0n) is 22.9. The van der Waals surface area contributed by atoms with Gasteiger partial charge in [-0.05, 0) is 84.9 Å². The summed E-state index contributed by atoms with van der Waals surface area (Å²) in [6, 6.07) is 2.97. The van der Waals surface area contributed by atoms with Crippen molar-refractivity contribution in [2.75, 3.05) is 6.54 Å². The van der Waals surface area contributed by atoms with Crippen molar-refractivity contribution in [2.24, 2.45) is 0 Å². The van der Waals surface area contributed by atoms with E-state index in [0.29, 0.717) is 23.1 Å². The van der Waals surface area contributed by atoms with Crippen molar-refractivity contribution in [3.05, 3.63) is 39.2 Å². The number of hydrogen-bond acceptors (Lipinski definition) is 6. The Hall–Kier alpha value is -3.36. The number of hydrogen-bond donors (Lipinski definition) is 2. The maximum atomic E-state index is 12.7. The van der Waals surface area contributed by atoms with Crippen molar-refractivity contribution >= 4 is 28.8 Å². The van der Waals surface area contributed by atoms with E-state index in [2.05, 4.69) is 10.6 Å². The lowest BCUT2D eigenvalue weighted by molar-refractivity contribution is -0.130. The highest BCUT2D eigenvalue weighted by molar-refractivity contribution is 5.95. The van der Waals surface area contributed by atoms with Crippen molar-refractivity contribution in [3.8, 4) is 5.75 Å². The molecule has 0 unspecified atom stereocenters. The number of carbonyl (C=O) groups excluding carboxylic acids is 3. The Bertz CT molecular complexity index is 1240. The highest BCUT2D eigenvalue weighted by Gasteiger charge is 2.28. The summed E-state index contributed by atoms with van der Waals surface area (Å²) >= 11 is 0. The SMILES string of the molecule is Cc1c(CC(=O)NCCCC(=O)N(C(=O)NC(C)C)C(C)C)c(=O)oc2cc3c(cc12)CCC(C)(C)O3. The molecule has 2 aromatic rings. The van der Waals surface area contributed by atoms with E-state index in [4.69, 9.17) is 9.15 Å². The molecule has 1 aromatic heterocycles. The van der Waals surface area contributed by atoms with Gasteiger partial charge in [0.25, 0.3) is 0 Å². The third kappa shape index (κ3) is 6.90. The first-order valence-electron chi connectivity index (χ1n) is 13.0. The molecule has 3 rings (SSSR count). The summed E-state index contributed by atoms with van der Waals surface area (Å²) in [6.45, 7) is 13.4. The molecule has 0 saturated heterocycles. The minimum Gasteiger partial charge on any atom is -0.487 e. The predicted octanol–water partition coefficient (Wildman–Crippen LogP) is 4.00. The van der Waals surface area contributed by atoms with Crippen molar-refractivity contribution in [2.45, 2.75) is 98.3 Å². The van der Waals surface area contributed by atoms with Crippen molar-refractivity contribution in [3.63, 3.8) is 0 Å². The lowest BCUT2D eigenvalue weighted by Crippen LogP contribution is -2.49. The van der Waals surface area contributed by atoms with Gasteiger partial charge >= 0.3 is 11.7 Å². The van der Waals surface area contributed by atoms with Crippen LogP contribution in [0.3, 0.4) is 0 Å². The third-order valence-corrected chi connectivity index (χ3v) is 6.49. The molecule has 0 spiro atoms. The number of rotatable bonds is 8. The smallest absolute Gasteiger partial charge is 0.340 e. The number of fused-ring (bicyclic) bond motifs is 2. The van der Waals surface area contributed by atoms with Gasteiger partial charge in [0.1, 0.15) is 16.9 Å². The van der Waals surface area contributed by atoms with Crippen molar-refractivity contribution < 1.29 is 23.5 Å². The summed E-state index contributed by atoms with van der Waals surface area (Å²) in [4.78, 5) is 51.4. The van der Waals surface area contributed by atoms with Crippen LogP contribution in [0.2, 0.25) is 0 Å². The lowest BCUT2D eigenvalue weighted by atomic mass is 9.92. The van der Waals surface area contributed by atoms with Crippen LogP contribution >= 0.6 is 0 Å². The van der Waals surface area contributed by atoms with Gasteiger partial charge in [0, 0.05) is 36.5 Å². The van der Waals surface area contributed by atoms with Gasteiger partial charge in [-0.15, -0.1) is 0 Å². The third-order valence-electron chi connectivity index (χ3n) is 6.49. The average molecular weight is 514 g/mol. The van der Waals surface area contributed by atoms with Gasteiger partial charge in [0.05, 0.1) is 12.0 Å². The molecule has 4 amide bonds. The van der Waals surface area contributed by atoms with Gasteiger partial charge in [-0.3, -0.25) is 14.5 Å². The van der Waals surface area contributed by atoms with Gasteiger partial charge in [-0.2, -0.15) is 0 Å². The summed E-state index contributed by atoms with van der Waals surface area (Å²) in [7, 11) is 0. The molecule has 0 fully saturated rings. The molecule has 37 heavy (non-hydrogen) atoms. The standard InChI is InChI=1S/C28H39N3O6/c1-16(2)30-27(35)31(17(3)4)25(33)9-8-12-29-24(32)14-21-18(5)20-13-19-10-11-28(6,7)37-22(19)15-23(20)36-26(21)34/h13,15-17H,8-12,14H2,1-7H3,(H,29,32)(H,30,35). The number of carbonyl (C=O) groups is 3. The van der Waals surface area contributed by atoms with Gasteiger partial charge in [-0.1, -0.05) is 0 Å². The number of aryl methyl sites for hydroxylation is 2. The summed E-state index contributed by atoms with van der Waals surface area (Å²) in [6.07, 6.45) is 2.12. The van der Waals surface area contributed by atoms with Crippen LogP contribution in [0.25, 0.3) is 11.0 Å². The number of benzene rings is 1. The Balaban J connectivity index is 1.61. The number of amides is 4. The van der Waals surface area contributed by atoms with Crippen LogP contribution in [0.4, 0.5) is 4.79 Å². The van der Waals surface area contributed by atoms with Crippen molar-refractivity contribution in [1.82, 2.24) is 15.5 Å². The second kappa shape index (κ2) is 11.4. The predicted molar refractivity (Wildman–Crippen MR) is 142 cm³/mol. The highest BCUT2D eigenvalue weighted by atomic mass is 16.5. The molecule has 2 heterocycles. The van der Waals surface area contributed by atoms with E-state index < -0.39 is 11.7 Å². The summed E-state index contributed by atoms with van der Waals surface area (Å²) in [5.41, 5.74) is 1.71. The van der Waals surface area contributed by atoms with Gasteiger partial charge in [0.15, 0.2) is 0 Å². The summed E-state index contributed by atoms with van der Waals surface area (Å²) < 4.78 is 11.6. The first-order chi connectivity index (χ1) is 17.3. The summed E-state index contributed by atoms with van der Waals surface area (Å²) in [5, 5.41) is 6.30. The van der Waals surface area contributed by atoms with E-state index in [0.717, 1.165) is 29.5 Å². The highest BCUT2D eigenvalue weighted by Crippen LogP contribution is 2.36. The van der Waals surface area contributed by atoms with E-state index >= 15 is 0 Å². The Morgan fingerprint density at radius 3 is 2.49 bits per heavy atom. The van der Waals surface area contributed by atoms with Gasteiger partial charge in [0.2, 0.25) is 11.8 Å². The zero-order chi connectivity index (χ0) is 27.5. The molecule has 9 nitrogen and oxygen atoms in total. The van der Waals surface area contributed by atoms with Gasteiger partial charge in [-0.25, -0.2) is 9.59 Å². The number of ether oxygens (including phenoxy) is 1. The van der Waals surface area contributed by atoms with Crippen LogP contribution in [0.5, 0.6) is 5.75 Å². The quantitative estimate of drug-likeness (QED) is 0.407. The van der Waals surface area contributed by atoms with E-state index in [1.807, 2.05) is 40.7 Å². The van der Waals surface area contributed by atoms with Gasteiger partial charge < -0.3 is 19.8 Å². The van der Waals surface area contributed by atoms with Crippen LogP contribution in [-0.4, -0.2) is 47.0 Å². The molecule has 1 aliphatic rings. The Morgan fingerprint density at radius 2 is 1.84 bits per heavy atom. The minimum atomic E-state index is -0.547. The molecule has 1 aliphatic heterocycles. The molecule has 0 bridgehead atoms. The average Bonchev–Trinajstić information content (AvgIpc) is 2.77. The van der Waals surface area contributed by atoms with Crippen molar-refractivity contribution in [1.29, 1.82) is 0 Å². The van der Waals surface area contributed by atoms with Crippen LogP contribution in [0.1, 0.15) is 77.5 Å². The zero-order valence-corrected chi connectivity index (χ0v) is 22.9. The van der Waals surface area contributed by atoms with E-state index in [1.165, 1.54) is 4.90 Å². The topological polar surface area (TPSA) is 118 Å². The fourth-order valence-corrected chi connectivity index (χ4v) is 4.50. The number of nitrogens with one attached hydrogen (secondary N) is 2. The second-order valence-corrected chi connectivity index (χ2v) is 10.9. The van der Waals surface area contributed by atoms with Crippen LogP contribution in [0.15, 0.2) is 21.3 Å². The molecule has 2 N–H and O–H groups in total. The molecule has 9 heteroatoms. The fourth-order valence-electron chi connectivity index (χ4n) is 4.50. The van der Waals surface area contributed by atoms with Crippen LogP contribution in [0, 0.1) is 6.92 Å². The maximum absolute atomic E-state index is 12.7. The maximum Gasteiger partial charge on any atom is 0.340 e. The normalized spacial score (nSPS) is 14.3. The second-order valence-electron chi connectivity index (χ2n) is 10.9. The minimum absolute atomic E-state index is 0.0806. The van der Waals surface area contributed by atoms with Crippen LogP contribution in [-0.2, 0) is 22.4 Å². The largest absolute Gasteiger partial charge is 0.487 e. The molecule has 0 radical (unpaired) electrons. The Kier molecular flexibility index (Phi) is 8.66. The molecule has 0 atom stereocenters. The van der Waals surface area contributed by atoms with E-state index in [-0.39, 0.29) is 48.9 Å². The first kappa shape index (κ1) is 28.2. The Labute approximate surface area is 217 Å². The summed E-state index contributed by atoms with van der Waals surface area (Å²) in [5.74, 6) is 0.0942. The van der Waals surface area contributed by atoms with E-state index in [9.17, 15) is 19.2 Å². The molecule has 0 saturated carbocycles. The van der Waals surface area contributed by atoms with E-state index in [1.54, 1.807) is 19.9 Å². The fraction of sp³-hybridized carbons (Fsp3) is 0.571. The molecule has 0 aliphatic carbocycles. The lowest BCUT2D eigenvalue weighted by Gasteiger charge is -2.32. The molecular weight excluding hydrogens is 474 g/mol. The monoisotopic (exact) mass is 513 g/mol. The molecular formula is C28H39N3O6. The molecule has 1 aromatic carbocycles. The Morgan fingerprint density at radius 1 is 1.14 bits per heavy atom. The number of urea groups is 1. The van der Waals surface area contributed by atoms with Crippen LogP contribution < -0.4 is 21.0 Å². The molecule has 202 valence electrons. The number of nitrogens with zero attached hydrogens (tertiary/aromatic N) is 1. The number of imide groups is 1.